The van der Waals surface area contributed by atoms with Crippen LogP contribution in [-0.2, 0) is 16.0 Å². The van der Waals surface area contributed by atoms with E-state index in [9.17, 15) is 14.4 Å². The summed E-state index contributed by atoms with van der Waals surface area (Å²) in [6.45, 7) is 5.31. The van der Waals surface area contributed by atoms with E-state index in [1.165, 1.54) is 0 Å². The van der Waals surface area contributed by atoms with Crippen LogP contribution < -0.4 is 15.5 Å². The van der Waals surface area contributed by atoms with Crippen LogP contribution in [0.5, 0.6) is 0 Å². The Morgan fingerprint density at radius 3 is 2.52 bits per heavy atom. The van der Waals surface area contributed by atoms with Gasteiger partial charge in [0, 0.05) is 23.9 Å². The van der Waals surface area contributed by atoms with Gasteiger partial charge in [0.2, 0.25) is 5.91 Å². The number of nitrogens with zero attached hydrogens (tertiary/aromatic N) is 1. The van der Waals surface area contributed by atoms with Crippen molar-refractivity contribution in [1.82, 2.24) is 0 Å². The summed E-state index contributed by atoms with van der Waals surface area (Å²) in [5.74, 6) is 0.231. The lowest BCUT2D eigenvalue weighted by atomic mass is 10.1. The van der Waals surface area contributed by atoms with Crippen LogP contribution in [0, 0.1) is 0 Å². The number of hydrogen-bond donors (Lipinski definition) is 2. The summed E-state index contributed by atoms with van der Waals surface area (Å²) in [5.41, 5.74) is 2.82. The van der Waals surface area contributed by atoms with Crippen molar-refractivity contribution in [3.05, 3.63) is 65.9 Å². The summed E-state index contributed by atoms with van der Waals surface area (Å²) >= 11 is 0. The van der Waals surface area contributed by atoms with E-state index >= 15 is 0 Å². The van der Waals surface area contributed by atoms with Gasteiger partial charge in [-0.3, -0.25) is 14.9 Å². The average molecular weight is 447 g/mol. The highest BCUT2D eigenvalue weighted by Crippen LogP contribution is 2.32. The third-order valence-corrected chi connectivity index (χ3v) is 5.13. The van der Waals surface area contributed by atoms with Gasteiger partial charge < -0.3 is 19.4 Å². The molecule has 8 nitrogen and oxygen atoms in total. The molecular weight excluding hydrogens is 422 g/mol. The SMILES string of the molecule is CN1C(=O)Cc2cc(C(=O)Nc3cc(-c4ccco4)ccc3NC(=O)OC(C)(C)C)ccc21. The van der Waals surface area contributed by atoms with Crippen LogP contribution in [-0.4, -0.2) is 30.6 Å². The van der Waals surface area contributed by atoms with E-state index in [2.05, 4.69) is 10.6 Å². The van der Waals surface area contributed by atoms with Gasteiger partial charge in [-0.25, -0.2) is 4.79 Å². The van der Waals surface area contributed by atoms with Gasteiger partial charge in [-0.15, -0.1) is 0 Å². The quantitative estimate of drug-likeness (QED) is 0.582. The molecule has 0 fully saturated rings. The standard InChI is InChI=1S/C25H25N3O5/c1-25(2,3)33-24(31)27-18-9-7-15(21-6-5-11-32-21)13-19(18)26-23(30)16-8-10-20-17(12-16)14-22(29)28(20)4/h5-13H,14H2,1-4H3,(H,26,30)(H,27,31). The van der Waals surface area contributed by atoms with Crippen molar-refractivity contribution in [2.45, 2.75) is 32.8 Å². The smallest absolute Gasteiger partial charge is 0.412 e. The molecule has 0 unspecified atom stereocenters. The zero-order valence-electron chi connectivity index (χ0n) is 18.9. The maximum absolute atomic E-state index is 13.1. The number of fused-ring (bicyclic) bond motifs is 1. The largest absolute Gasteiger partial charge is 0.464 e. The highest BCUT2D eigenvalue weighted by molar-refractivity contribution is 6.09. The fraction of sp³-hybridized carbons (Fsp3) is 0.240. The van der Waals surface area contributed by atoms with Gasteiger partial charge in [-0.2, -0.15) is 0 Å². The van der Waals surface area contributed by atoms with Crippen molar-refractivity contribution in [2.24, 2.45) is 0 Å². The van der Waals surface area contributed by atoms with Crippen LogP contribution in [0.25, 0.3) is 11.3 Å². The minimum atomic E-state index is -0.670. The van der Waals surface area contributed by atoms with Gasteiger partial charge in [0.05, 0.1) is 24.1 Å². The molecule has 1 aliphatic rings. The summed E-state index contributed by atoms with van der Waals surface area (Å²) in [5, 5.41) is 5.55. The van der Waals surface area contributed by atoms with Gasteiger partial charge in [-0.1, -0.05) is 0 Å². The molecule has 0 spiro atoms. The Bertz CT molecular complexity index is 1230. The molecule has 3 aromatic rings. The number of carbonyl (C=O) groups is 3. The first-order valence-electron chi connectivity index (χ1n) is 10.5. The maximum atomic E-state index is 13.1. The highest BCUT2D eigenvalue weighted by atomic mass is 16.6. The third-order valence-electron chi connectivity index (χ3n) is 5.13. The molecule has 4 rings (SSSR count). The zero-order valence-corrected chi connectivity index (χ0v) is 18.9. The molecule has 1 aromatic heterocycles. The lowest BCUT2D eigenvalue weighted by Crippen LogP contribution is -2.27. The van der Waals surface area contributed by atoms with E-state index in [-0.39, 0.29) is 18.2 Å². The first kappa shape index (κ1) is 22.1. The molecule has 3 amide bonds. The van der Waals surface area contributed by atoms with Crippen molar-refractivity contribution in [3.63, 3.8) is 0 Å². The Balaban J connectivity index is 1.62. The summed E-state index contributed by atoms with van der Waals surface area (Å²) in [6.07, 6.45) is 1.18. The summed E-state index contributed by atoms with van der Waals surface area (Å²) < 4.78 is 10.8. The molecule has 0 bridgehead atoms. The number of nitrogens with one attached hydrogen (secondary N) is 2. The topological polar surface area (TPSA) is 101 Å². The fourth-order valence-corrected chi connectivity index (χ4v) is 3.57. The molecule has 2 aromatic carbocycles. The van der Waals surface area contributed by atoms with Crippen molar-refractivity contribution in [2.75, 3.05) is 22.6 Å². The number of likely N-dealkylation sites (N-methyl/N-ethyl adjacent to an activating group) is 1. The van der Waals surface area contributed by atoms with Crippen molar-refractivity contribution in [1.29, 1.82) is 0 Å². The van der Waals surface area contributed by atoms with Gasteiger partial charge in [0.15, 0.2) is 0 Å². The fourth-order valence-electron chi connectivity index (χ4n) is 3.57. The molecule has 0 saturated carbocycles. The van der Waals surface area contributed by atoms with Crippen LogP contribution in [0.4, 0.5) is 21.9 Å². The van der Waals surface area contributed by atoms with Crippen LogP contribution in [0.1, 0.15) is 36.7 Å². The van der Waals surface area contributed by atoms with E-state index in [1.807, 2.05) is 0 Å². The maximum Gasteiger partial charge on any atom is 0.412 e. The number of rotatable bonds is 4. The normalized spacial score (nSPS) is 13.0. The van der Waals surface area contributed by atoms with Crippen molar-refractivity contribution in [3.8, 4) is 11.3 Å². The number of furan rings is 1. The number of ether oxygens (including phenoxy) is 1. The van der Waals surface area contributed by atoms with Crippen LogP contribution in [0.15, 0.2) is 59.2 Å². The number of anilines is 3. The van der Waals surface area contributed by atoms with Crippen LogP contribution in [0.2, 0.25) is 0 Å². The lowest BCUT2D eigenvalue weighted by Gasteiger charge is -2.21. The summed E-state index contributed by atoms with van der Waals surface area (Å²) in [4.78, 5) is 38.9. The number of hydrogen-bond acceptors (Lipinski definition) is 5. The van der Waals surface area contributed by atoms with E-state index < -0.39 is 11.7 Å². The predicted octanol–water partition coefficient (Wildman–Crippen LogP) is 5.06. The first-order chi connectivity index (χ1) is 15.6. The second kappa shape index (κ2) is 8.46. The van der Waals surface area contributed by atoms with Gasteiger partial charge in [0.25, 0.3) is 5.91 Å². The molecule has 33 heavy (non-hydrogen) atoms. The predicted molar refractivity (Wildman–Crippen MR) is 126 cm³/mol. The third kappa shape index (κ3) is 4.90. The Morgan fingerprint density at radius 1 is 1.03 bits per heavy atom. The van der Waals surface area contributed by atoms with Crippen molar-refractivity contribution < 1.29 is 23.5 Å². The molecule has 0 saturated heterocycles. The highest BCUT2D eigenvalue weighted by Gasteiger charge is 2.25. The van der Waals surface area contributed by atoms with Gasteiger partial charge in [0.1, 0.15) is 11.4 Å². The number of carbonyl (C=O) groups excluding carboxylic acids is 3. The second-order valence-electron chi connectivity index (χ2n) is 8.79. The molecule has 170 valence electrons. The average Bonchev–Trinajstić information content (AvgIpc) is 3.36. The molecule has 0 radical (unpaired) electrons. The molecule has 8 heteroatoms. The lowest BCUT2D eigenvalue weighted by molar-refractivity contribution is -0.117. The summed E-state index contributed by atoms with van der Waals surface area (Å²) in [6, 6.07) is 13.9. The molecular formula is C25H25N3O5. The monoisotopic (exact) mass is 447 g/mol. The summed E-state index contributed by atoms with van der Waals surface area (Å²) in [7, 11) is 1.71. The van der Waals surface area contributed by atoms with Crippen LogP contribution >= 0.6 is 0 Å². The molecule has 0 atom stereocenters. The van der Waals surface area contributed by atoms with E-state index in [1.54, 1.807) is 87.5 Å². The Labute approximate surface area is 191 Å². The Kier molecular flexibility index (Phi) is 5.68. The van der Waals surface area contributed by atoms with Crippen LogP contribution in [0.3, 0.4) is 0 Å². The van der Waals surface area contributed by atoms with E-state index in [4.69, 9.17) is 9.15 Å². The Morgan fingerprint density at radius 2 is 1.82 bits per heavy atom. The molecule has 1 aliphatic heterocycles. The van der Waals surface area contributed by atoms with Crippen molar-refractivity contribution >= 4 is 35.0 Å². The second-order valence-corrected chi connectivity index (χ2v) is 8.79. The molecule has 2 N–H and O–H groups in total. The van der Waals surface area contributed by atoms with Gasteiger partial charge in [-0.05, 0) is 74.9 Å². The first-order valence-corrected chi connectivity index (χ1v) is 10.5. The number of benzene rings is 2. The minimum absolute atomic E-state index is 0.0162. The van der Waals surface area contributed by atoms with Gasteiger partial charge >= 0.3 is 6.09 Å². The van der Waals surface area contributed by atoms with E-state index in [0.29, 0.717) is 22.7 Å². The van der Waals surface area contributed by atoms with E-state index in [0.717, 1.165) is 16.8 Å². The zero-order chi connectivity index (χ0) is 23.8. The molecule has 2 heterocycles. The Hall–Kier alpha value is -4.07. The number of amides is 3. The molecule has 0 aliphatic carbocycles. The minimum Gasteiger partial charge on any atom is -0.464 e.